The van der Waals surface area contributed by atoms with E-state index in [0.717, 1.165) is 0 Å². The molecule has 1 unspecified atom stereocenters. The molecule has 2 rings (SSSR count). The highest BCUT2D eigenvalue weighted by Crippen LogP contribution is 2.28. The zero-order chi connectivity index (χ0) is 12.6. The standard InChI is InChI=1S/C11H15NO5/c1-5-2-6(11(16)12-10(5)15)8-3-7(14)9(4-13)17-8/h2,6-9,13-14H,3-4H2,1H3,(H,12,15,16)/t6?,7-,8+,9+/m0/s1. The SMILES string of the molecule is CC1=CC([C@H]2C[C@H](O)[C@@H](CO)O2)C(=O)NC1=O. The van der Waals surface area contributed by atoms with Gasteiger partial charge in [0.2, 0.25) is 5.91 Å². The van der Waals surface area contributed by atoms with E-state index in [0.29, 0.717) is 5.57 Å². The average molecular weight is 241 g/mol. The Morgan fingerprint density at radius 3 is 2.82 bits per heavy atom. The van der Waals surface area contributed by atoms with E-state index in [2.05, 4.69) is 5.32 Å². The van der Waals surface area contributed by atoms with Crippen LogP contribution in [0.5, 0.6) is 0 Å². The van der Waals surface area contributed by atoms with Crippen LogP contribution in [0.15, 0.2) is 11.6 Å². The van der Waals surface area contributed by atoms with Crippen molar-refractivity contribution in [2.75, 3.05) is 6.61 Å². The van der Waals surface area contributed by atoms with Gasteiger partial charge >= 0.3 is 0 Å². The Labute approximate surface area is 98.3 Å². The second-order valence-corrected chi connectivity index (χ2v) is 4.39. The summed E-state index contributed by atoms with van der Waals surface area (Å²) < 4.78 is 5.40. The number of imide groups is 1. The molecular formula is C11H15NO5. The zero-order valence-electron chi connectivity index (χ0n) is 9.42. The van der Waals surface area contributed by atoms with Crippen LogP contribution in [-0.4, -0.2) is 46.9 Å². The third-order valence-corrected chi connectivity index (χ3v) is 3.16. The Balaban J connectivity index is 2.13. The normalized spacial score (nSPS) is 37.9. The summed E-state index contributed by atoms with van der Waals surface area (Å²) in [6, 6.07) is 0. The van der Waals surface area contributed by atoms with Crippen molar-refractivity contribution in [3.63, 3.8) is 0 Å². The minimum absolute atomic E-state index is 0.279. The van der Waals surface area contributed by atoms with Gasteiger partial charge in [-0.25, -0.2) is 0 Å². The van der Waals surface area contributed by atoms with Crippen LogP contribution in [0.2, 0.25) is 0 Å². The molecule has 2 amide bonds. The van der Waals surface area contributed by atoms with Gasteiger partial charge in [0.25, 0.3) is 5.91 Å². The molecule has 3 N–H and O–H groups in total. The van der Waals surface area contributed by atoms with Crippen LogP contribution in [0.3, 0.4) is 0 Å². The summed E-state index contributed by atoms with van der Waals surface area (Å²) in [5, 5.41) is 20.8. The highest BCUT2D eigenvalue weighted by molar-refractivity contribution is 6.08. The first-order valence-electron chi connectivity index (χ1n) is 5.51. The average Bonchev–Trinajstić information content (AvgIpc) is 2.65. The Hall–Kier alpha value is -1.24. The number of carbonyl (C=O) groups is 2. The summed E-state index contributed by atoms with van der Waals surface area (Å²) in [7, 11) is 0. The van der Waals surface area contributed by atoms with Gasteiger partial charge in [-0.1, -0.05) is 6.08 Å². The van der Waals surface area contributed by atoms with E-state index in [4.69, 9.17) is 9.84 Å². The van der Waals surface area contributed by atoms with Crippen molar-refractivity contribution in [2.24, 2.45) is 5.92 Å². The smallest absolute Gasteiger partial charge is 0.253 e. The molecule has 2 aliphatic heterocycles. The minimum atomic E-state index is -0.774. The van der Waals surface area contributed by atoms with Crippen LogP contribution in [0.1, 0.15) is 13.3 Å². The largest absolute Gasteiger partial charge is 0.394 e. The van der Waals surface area contributed by atoms with E-state index in [1.807, 2.05) is 0 Å². The molecule has 0 spiro atoms. The number of amides is 2. The second kappa shape index (κ2) is 4.56. The molecule has 0 aromatic heterocycles. The van der Waals surface area contributed by atoms with Crippen molar-refractivity contribution in [3.8, 4) is 0 Å². The Kier molecular flexibility index (Phi) is 3.28. The number of aliphatic hydroxyl groups excluding tert-OH is 2. The maximum absolute atomic E-state index is 11.6. The fourth-order valence-electron chi connectivity index (χ4n) is 2.15. The first kappa shape index (κ1) is 12.2. The van der Waals surface area contributed by atoms with E-state index in [1.54, 1.807) is 13.0 Å². The maximum Gasteiger partial charge on any atom is 0.253 e. The molecule has 2 aliphatic rings. The number of aliphatic hydroxyl groups is 2. The van der Waals surface area contributed by atoms with Crippen LogP contribution >= 0.6 is 0 Å². The van der Waals surface area contributed by atoms with Crippen LogP contribution in [0.25, 0.3) is 0 Å². The summed E-state index contributed by atoms with van der Waals surface area (Å²) in [6.07, 6.45) is -0.0898. The van der Waals surface area contributed by atoms with Crippen LogP contribution in [0.4, 0.5) is 0 Å². The number of nitrogens with one attached hydrogen (secondary N) is 1. The van der Waals surface area contributed by atoms with E-state index < -0.39 is 36.0 Å². The Bertz CT molecular complexity index is 378. The fourth-order valence-corrected chi connectivity index (χ4v) is 2.15. The van der Waals surface area contributed by atoms with Gasteiger partial charge in [-0.15, -0.1) is 0 Å². The van der Waals surface area contributed by atoms with Gasteiger partial charge in [0.05, 0.1) is 24.7 Å². The number of carbonyl (C=O) groups excluding carboxylic acids is 2. The van der Waals surface area contributed by atoms with Crippen molar-refractivity contribution in [1.82, 2.24) is 5.32 Å². The van der Waals surface area contributed by atoms with Crippen LogP contribution in [0, 0.1) is 5.92 Å². The van der Waals surface area contributed by atoms with Gasteiger partial charge in [0.1, 0.15) is 6.10 Å². The molecule has 0 bridgehead atoms. The van der Waals surface area contributed by atoms with Gasteiger partial charge in [0.15, 0.2) is 0 Å². The van der Waals surface area contributed by atoms with Crippen LogP contribution < -0.4 is 5.32 Å². The highest BCUT2D eigenvalue weighted by Gasteiger charge is 2.41. The van der Waals surface area contributed by atoms with E-state index >= 15 is 0 Å². The molecule has 6 heteroatoms. The highest BCUT2D eigenvalue weighted by atomic mass is 16.5. The number of hydrogen-bond donors (Lipinski definition) is 3. The number of hydrogen-bond acceptors (Lipinski definition) is 5. The predicted octanol–water partition coefficient (Wildman–Crippen LogP) is -1.28. The third kappa shape index (κ3) is 2.24. The summed E-state index contributed by atoms with van der Waals surface area (Å²) in [6.45, 7) is 1.33. The lowest BCUT2D eigenvalue weighted by atomic mass is 9.93. The van der Waals surface area contributed by atoms with Crippen molar-refractivity contribution >= 4 is 11.8 Å². The van der Waals surface area contributed by atoms with Crippen molar-refractivity contribution in [2.45, 2.75) is 31.7 Å². The fraction of sp³-hybridized carbons (Fsp3) is 0.636. The summed E-state index contributed by atoms with van der Waals surface area (Å²) in [5.74, 6) is -1.40. The van der Waals surface area contributed by atoms with Gasteiger partial charge in [0, 0.05) is 12.0 Å². The first-order valence-corrected chi connectivity index (χ1v) is 5.51. The zero-order valence-corrected chi connectivity index (χ0v) is 9.42. The predicted molar refractivity (Wildman–Crippen MR) is 56.8 cm³/mol. The van der Waals surface area contributed by atoms with Gasteiger partial charge in [-0.3, -0.25) is 14.9 Å². The maximum atomic E-state index is 11.6. The molecule has 94 valence electrons. The second-order valence-electron chi connectivity index (χ2n) is 4.39. The van der Waals surface area contributed by atoms with Crippen molar-refractivity contribution in [1.29, 1.82) is 0 Å². The molecule has 4 atom stereocenters. The number of ether oxygens (including phenoxy) is 1. The molecule has 17 heavy (non-hydrogen) atoms. The molecular weight excluding hydrogens is 226 g/mol. The minimum Gasteiger partial charge on any atom is -0.394 e. The molecule has 0 aromatic rings. The Morgan fingerprint density at radius 2 is 2.24 bits per heavy atom. The summed E-state index contributed by atoms with van der Waals surface area (Å²) >= 11 is 0. The molecule has 1 saturated heterocycles. The molecule has 0 radical (unpaired) electrons. The first-order chi connectivity index (χ1) is 8.02. The van der Waals surface area contributed by atoms with E-state index in [-0.39, 0.29) is 13.0 Å². The van der Waals surface area contributed by atoms with E-state index in [1.165, 1.54) is 0 Å². The molecule has 2 heterocycles. The lowest BCUT2D eigenvalue weighted by Crippen LogP contribution is -2.44. The Morgan fingerprint density at radius 1 is 1.53 bits per heavy atom. The van der Waals surface area contributed by atoms with Gasteiger partial charge in [-0.2, -0.15) is 0 Å². The van der Waals surface area contributed by atoms with Gasteiger partial charge in [-0.05, 0) is 6.92 Å². The van der Waals surface area contributed by atoms with E-state index in [9.17, 15) is 14.7 Å². The third-order valence-electron chi connectivity index (χ3n) is 3.16. The molecule has 0 saturated carbocycles. The van der Waals surface area contributed by atoms with Crippen molar-refractivity contribution < 1.29 is 24.5 Å². The van der Waals surface area contributed by atoms with Crippen LogP contribution in [-0.2, 0) is 14.3 Å². The van der Waals surface area contributed by atoms with Crippen molar-refractivity contribution in [3.05, 3.63) is 11.6 Å². The quantitative estimate of drug-likeness (QED) is 0.523. The number of rotatable bonds is 2. The van der Waals surface area contributed by atoms with Gasteiger partial charge < -0.3 is 14.9 Å². The topological polar surface area (TPSA) is 95.9 Å². The molecule has 0 aliphatic carbocycles. The lowest BCUT2D eigenvalue weighted by molar-refractivity contribution is -0.134. The lowest BCUT2D eigenvalue weighted by Gasteiger charge is -2.23. The molecule has 6 nitrogen and oxygen atoms in total. The summed E-state index contributed by atoms with van der Waals surface area (Å²) in [5.41, 5.74) is 0.458. The molecule has 0 aromatic carbocycles. The molecule has 1 fully saturated rings. The summed E-state index contributed by atoms with van der Waals surface area (Å²) in [4.78, 5) is 22.9. The monoisotopic (exact) mass is 241 g/mol.